The highest BCUT2D eigenvalue weighted by molar-refractivity contribution is 6.08. The van der Waals surface area contributed by atoms with Crippen molar-refractivity contribution in [2.45, 2.75) is 0 Å². The monoisotopic (exact) mass is 378 g/mol. The molecule has 0 aliphatic carbocycles. The fraction of sp³-hybridized carbons (Fsp3) is 0. The van der Waals surface area contributed by atoms with Crippen molar-refractivity contribution in [3.05, 3.63) is 68.4 Å². The molecule has 0 saturated carbocycles. The summed E-state index contributed by atoms with van der Waals surface area (Å²) in [4.78, 5) is 69.8. The van der Waals surface area contributed by atoms with Crippen LogP contribution < -0.4 is 5.43 Å². The number of fused-ring (bicyclic) bond motifs is 1. The molecule has 0 unspecified atom stereocenters. The predicted octanol–water partition coefficient (Wildman–Crippen LogP) is 2.41. The topological polar surface area (TPSA) is 136 Å². The Bertz CT molecular complexity index is 1230. The lowest BCUT2D eigenvalue weighted by Gasteiger charge is -2.12. The van der Waals surface area contributed by atoms with Crippen LogP contribution in [0.5, 0.6) is 0 Å². The van der Waals surface area contributed by atoms with E-state index in [1.54, 1.807) is 0 Å². The summed E-state index contributed by atoms with van der Waals surface area (Å²) >= 11 is 0. The molecule has 0 aliphatic heterocycles. The van der Waals surface area contributed by atoms with E-state index in [9.17, 15) is 33.9 Å². The van der Waals surface area contributed by atoms with Gasteiger partial charge in [-0.15, -0.1) is 0 Å². The molecule has 28 heavy (non-hydrogen) atoms. The molecule has 2 aromatic carbocycles. The van der Waals surface area contributed by atoms with E-state index in [1.807, 2.05) is 0 Å². The van der Waals surface area contributed by atoms with Crippen LogP contribution in [0.1, 0.15) is 51.8 Å². The van der Waals surface area contributed by atoms with Crippen molar-refractivity contribution in [3.8, 4) is 11.3 Å². The van der Waals surface area contributed by atoms with E-state index < -0.39 is 28.1 Å². The lowest BCUT2D eigenvalue weighted by Crippen LogP contribution is -2.14. The molecule has 8 heteroatoms. The molecule has 1 N–H and O–H groups in total. The summed E-state index contributed by atoms with van der Waals surface area (Å²) < 4.78 is 5.60. The van der Waals surface area contributed by atoms with E-state index in [1.165, 1.54) is 30.3 Å². The Morgan fingerprint density at radius 2 is 1.54 bits per heavy atom. The SMILES string of the molecule is O=Cc1ccc(-c2oc3cccc(C=O)c3c(=O)c2C=O)c(C(=O)O)c1C=O. The standard InChI is InChI=1S/C20H10O8/c21-6-10-4-5-12(17(20(26)27)13(10)8-23)19-14(9-24)18(25)16-11(7-22)2-1-3-15(16)28-19/h1-9H,(H,26,27). The number of rotatable bonds is 6. The number of hydrogen-bond donors (Lipinski definition) is 1. The van der Waals surface area contributed by atoms with Crippen LogP contribution in [0.3, 0.4) is 0 Å². The minimum Gasteiger partial charge on any atom is -0.478 e. The number of hydrogen-bond acceptors (Lipinski definition) is 7. The van der Waals surface area contributed by atoms with Crippen LogP contribution in [0.25, 0.3) is 22.3 Å². The van der Waals surface area contributed by atoms with Crippen LogP contribution in [0.4, 0.5) is 0 Å². The highest BCUT2D eigenvalue weighted by Crippen LogP contribution is 2.31. The molecule has 0 bridgehead atoms. The van der Waals surface area contributed by atoms with Gasteiger partial charge in [0.1, 0.15) is 16.9 Å². The molecule has 0 aliphatic rings. The van der Waals surface area contributed by atoms with Crippen LogP contribution in [-0.2, 0) is 0 Å². The Kier molecular flexibility index (Phi) is 4.78. The van der Waals surface area contributed by atoms with Gasteiger partial charge in [-0.3, -0.25) is 24.0 Å². The first-order valence-corrected chi connectivity index (χ1v) is 7.79. The van der Waals surface area contributed by atoms with Crippen molar-refractivity contribution in [1.82, 2.24) is 0 Å². The second-order valence-corrected chi connectivity index (χ2v) is 5.66. The third-order valence-corrected chi connectivity index (χ3v) is 4.21. The van der Waals surface area contributed by atoms with Crippen molar-refractivity contribution in [2.24, 2.45) is 0 Å². The molecular weight excluding hydrogens is 368 g/mol. The van der Waals surface area contributed by atoms with Crippen LogP contribution in [0.15, 0.2) is 39.5 Å². The van der Waals surface area contributed by atoms with Gasteiger partial charge in [-0.25, -0.2) is 4.79 Å². The Balaban J connectivity index is 2.52. The van der Waals surface area contributed by atoms with Crippen molar-refractivity contribution in [3.63, 3.8) is 0 Å². The third kappa shape index (κ3) is 2.73. The van der Waals surface area contributed by atoms with Gasteiger partial charge in [-0.1, -0.05) is 18.2 Å². The number of aromatic carboxylic acids is 1. The molecule has 0 spiro atoms. The van der Waals surface area contributed by atoms with Gasteiger partial charge in [0.25, 0.3) is 0 Å². The molecule has 0 saturated heterocycles. The van der Waals surface area contributed by atoms with E-state index in [0.29, 0.717) is 12.6 Å². The maximum Gasteiger partial charge on any atom is 0.337 e. The minimum absolute atomic E-state index is 0.00393. The van der Waals surface area contributed by atoms with Crippen molar-refractivity contribution < 1.29 is 33.5 Å². The summed E-state index contributed by atoms with van der Waals surface area (Å²) in [5.74, 6) is -1.93. The second-order valence-electron chi connectivity index (χ2n) is 5.66. The van der Waals surface area contributed by atoms with Crippen molar-refractivity contribution in [2.75, 3.05) is 0 Å². The van der Waals surface area contributed by atoms with Crippen LogP contribution in [0, 0.1) is 0 Å². The van der Waals surface area contributed by atoms with Crippen molar-refractivity contribution >= 4 is 42.1 Å². The first-order valence-electron chi connectivity index (χ1n) is 7.79. The van der Waals surface area contributed by atoms with E-state index in [4.69, 9.17) is 4.42 Å². The summed E-state index contributed by atoms with van der Waals surface area (Å²) in [6, 6.07) is 6.54. The lowest BCUT2D eigenvalue weighted by atomic mass is 9.93. The minimum atomic E-state index is -1.55. The van der Waals surface area contributed by atoms with Gasteiger partial charge in [-0.05, 0) is 12.1 Å². The summed E-state index contributed by atoms with van der Waals surface area (Å²) in [5, 5.41) is 9.43. The van der Waals surface area contributed by atoms with Gasteiger partial charge in [-0.2, -0.15) is 0 Å². The quantitative estimate of drug-likeness (QED) is 0.646. The highest BCUT2D eigenvalue weighted by atomic mass is 16.4. The number of benzene rings is 2. The van der Waals surface area contributed by atoms with E-state index in [2.05, 4.69) is 0 Å². The maximum absolute atomic E-state index is 12.8. The lowest BCUT2D eigenvalue weighted by molar-refractivity contribution is 0.0694. The Morgan fingerprint density at radius 1 is 0.857 bits per heavy atom. The normalized spacial score (nSPS) is 10.4. The largest absolute Gasteiger partial charge is 0.478 e. The average molecular weight is 378 g/mol. The molecular formula is C20H10O8. The number of carbonyl (C=O) groups is 5. The average Bonchev–Trinajstić information content (AvgIpc) is 2.71. The fourth-order valence-corrected chi connectivity index (χ4v) is 2.97. The molecule has 0 amide bonds. The first-order chi connectivity index (χ1) is 13.5. The van der Waals surface area contributed by atoms with Crippen LogP contribution >= 0.6 is 0 Å². The third-order valence-electron chi connectivity index (χ3n) is 4.21. The van der Waals surface area contributed by atoms with Gasteiger partial charge < -0.3 is 9.52 Å². The smallest absolute Gasteiger partial charge is 0.337 e. The molecule has 1 aromatic heterocycles. The molecule has 0 fully saturated rings. The van der Waals surface area contributed by atoms with Crippen LogP contribution in [0.2, 0.25) is 0 Å². The van der Waals surface area contributed by atoms with Gasteiger partial charge in [0.05, 0.1) is 10.9 Å². The number of carboxylic acids is 1. The summed E-state index contributed by atoms with van der Waals surface area (Å²) in [7, 11) is 0. The molecule has 0 atom stereocenters. The van der Waals surface area contributed by atoms with E-state index >= 15 is 0 Å². The van der Waals surface area contributed by atoms with E-state index in [-0.39, 0.29) is 46.0 Å². The van der Waals surface area contributed by atoms with Crippen molar-refractivity contribution in [1.29, 1.82) is 0 Å². The van der Waals surface area contributed by atoms with Crippen LogP contribution in [-0.4, -0.2) is 36.2 Å². The first kappa shape index (κ1) is 18.6. The summed E-state index contributed by atoms with van der Waals surface area (Å²) in [6.45, 7) is 0. The zero-order chi connectivity index (χ0) is 20.4. The second kappa shape index (κ2) is 7.20. The molecule has 8 nitrogen and oxygen atoms in total. The number of aldehydes is 4. The molecule has 3 rings (SSSR count). The molecule has 3 aromatic rings. The van der Waals surface area contributed by atoms with Gasteiger partial charge >= 0.3 is 5.97 Å². The molecule has 138 valence electrons. The zero-order valence-electron chi connectivity index (χ0n) is 14.0. The van der Waals surface area contributed by atoms with E-state index in [0.717, 1.165) is 0 Å². The summed E-state index contributed by atoms with van der Waals surface area (Å²) in [5.41, 5.74) is -2.77. The zero-order valence-corrected chi connectivity index (χ0v) is 14.0. The highest BCUT2D eigenvalue weighted by Gasteiger charge is 2.25. The summed E-state index contributed by atoms with van der Waals surface area (Å²) in [6.07, 6.45) is 1.12. The Morgan fingerprint density at radius 3 is 2.11 bits per heavy atom. The number of carbonyl (C=O) groups excluding carboxylic acids is 4. The number of carboxylic acid groups (broad SMARTS) is 1. The molecule has 0 radical (unpaired) electrons. The van der Waals surface area contributed by atoms with Gasteiger partial charge in [0.2, 0.25) is 5.43 Å². The predicted molar refractivity (Wildman–Crippen MR) is 96.4 cm³/mol. The Hall–Kier alpha value is -4.20. The molecule has 1 heterocycles. The fourth-order valence-electron chi connectivity index (χ4n) is 2.97. The Labute approximate surface area is 156 Å². The maximum atomic E-state index is 12.8. The van der Waals surface area contributed by atoms with Gasteiger partial charge in [0.15, 0.2) is 25.1 Å². The van der Waals surface area contributed by atoms with Gasteiger partial charge in [0, 0.05) is 22.3 Å².